The van der Waals surface area contributed by atoms with E-state index in [0.717, 1.165) is 30.6 Å². The van der Waals surface area contributed by atoms with Crippen LogP contribution in [0.4, 0.5) is 0 Å². The van der Waals surface area contributed by atoms with Gasteiger partial charge in [0.05, 0.1) is 6.61 Å². The van der Waals surface area contributed by atoms with Crippen LogP contribution >= 0.6 is 24.0 Å². The molecule has 2 N–H and O–H groups in total. The van der Waals surface area contributed by atoms with Gasteiger partial charge in [-0.05, 0) is 20.3 Å². The summed E-state index contributed by atoms with van der Waals surface area (Å²) in [6.07, 6.45) is 1.04. The summed E-state index contributed by atoms with van der Waals surface area (Å²) >= 11 is 0. The van der Waals surface area contributed by atoms with E-state index in [4.69, 9.17) is 4.74 Å². The molecule has 7 nitrogen and oxygen atoms in total. The number of aryl methyl sites for hydroxylation is 1. The first-order valence-electron chi connectivity index (χ1n) is 6.97. The monoisotopic (exact) mass is 410 g/mol. The van der Waals surface area contributed by atoms with Crippen molar-refractivity contribution < 1.29 is 4.74 Å². The highest BCUT2D eigenvalue weighted by Gasteiger charge is 2.06. The van der Waals surface area contributed by atoms with Crippen molar-refractivity contribution in [2.75, 3.05) is 20.3 Å². The highest BCUT2D eigenvalue weighted by atomic mass is 127. The second-order valence-electron chi connectivity index (χ2n) is 4.76. The molecule has 8 heteroatoms. The van der Waals surface area contributed by atoms with Gasteiger partial charge in [0.1, 0.15) is 12.4 Å². The molecule has 0 fully saturated rings. The smallest absolute Gasteiger partial charge is 0.191 e. The number of hydrogen-bond acceptors (Lipinski definition) is 4. The van der Waals surface area contributed by atoms with E-state index in [-0.39, 0.29) is 24.0 Å². The van der Waals surface area contributed by atoms with Gasteiger partial charge in [-0.3, -0.25) is 0 Å². The van der Waals surface area contributed by atoms with Gasteiger partial charge in [0.2, 0.25) is 0 Å². The lowest BCUT2D eigenvalue weighted by Crippen LogP contribution is -2.43. The third-order valence-electron chi connectivity index (χ3n) is 3.16. The number of methoxy groups -OCH3 is 1. The molecular formula is C13H27IN6O. The van der Waals surface area contributed by atoms with E-state index >= 15 is 0 Å². The maximum atomic E-state index is 5.04. The summed E-state index contributed by atoms with van der Waals surface area (Å²) in [6, 6.07) is 0.366. The van der Waals surface area contributed by atoms with E-state index in [0.29, 0.717) is 19.2 Å². The lowest BCUT2D eigenvalue weighted by molar-refractivity contribution is 0.203. The van der Waals surface area contributed by atoms with Crippen molar-refractivity contribution in [3.05, 3.63) is 11.6 Å². The molecule has 0 saturated carbocycles. The zero-order valence-electron chi connectivity index (χ0n) is 13.5. The van der Waals surface area contributed by atoms with E-state index in [9.17, 15) is 0 Å². The van der Waals surface area contributed by atoms with Gasteiger partial charge < -0.3 is 19.9 Å². The second-order valence-corrected chi connectivity index (χ2v) is 4.76. The van der Waals surface area contributed by atoms with E-state index in [2.05, 4.69) is 39.7 Å². The lowest BCUT2D eigenvalue weighted by Gasteiger charge is -2.16. The number of ether oxygens (including phenoxy) is 1. The Balaban J connectivity index is 0.00000400. The van der Waals surface area contributed by atoms with Gasteiger partial charge in [0.25, 0.3) is 0 Å². The minimum atomic E-state index is 0. The molecule has 0 amide bonds. The van der Waals surface area contributed by atoms with E-state index < -0.39 is 0 Å². The average Bonchev–Trinajstić information content (AvgIpc) is 2.76. The molecule has 21 heavy (non-hydrogen) atoms. The van der Waals surface area contributed by atoms with Crippen LogP contribution in [0.15, 0.2) is 4.99 Å². The second kappa shape index (κ2) is 10.8. The fourth-order valence-corrected chi connectivity index (χ4v) is 1.50. The Hall–Kier alpha value is -0.900. The summed E-state index contributed by atoms with van der Waals surface area (Å²) in [6.45, 7) is 8.04. The summed E-state index contributed by atoms with van der Waals surface area (Å²) in [5, 5.41) is 14.7. The van der Waals surface area contributed by atoms with Crippen molar-refractivity contribution in [1.82, 2.24) is 25.4 Å². The number of nitrogens with zero attached hydrogens (tertiary/aromatic N) is 4. The third-order valence-corrected chi connectivity index (χ3v) is 3.16. The van der Waals surface area contributed by atoms with Gasteiger partial charge in [0, 0.05) is 26.7 Å². The molecule has 0 aliphatic heterocycles. The predicted octanol–water partition coefficient (Wildman–Crippen LogP) is 1.22. The first kappa shape index (κ1) is 20.1. The molecular weight excluding hydrogens is 383 g/mol. The van der Waals surface area contributed by atoms with Gasteiger partial charge in [-0.1, -0.05) is 6.92 Å². The topological polar surface area (TPSA) is 76.4 Å². The highest BCUT2D eigenvalue weighted by Crippen LogP contribution is 1.99. The summed E-state index contributed by atoms with van der Waals surface area (Å²) < 4.78 is 6.98. The Morgan fingerprint density at radius 2 is 2.14 bits per heavy atom. The fraction of sp³-hybridized carbons (Fsp3) is 0.769. The molecule has 122 valence electrons. The molecule has 0 radical (unpaired) electrons. The van der Waals surface area contributed by atoms with Crippen LogP contribution < -0.4 is 10.6 Å². The molecule has 1 aromatic rings. The predicted molar refractivity (Wildman–Crippen MR) is 95.1 cm³/mol. The quantitative estimate of drug-likeness (QED) is 0.306. The molecule has 0 saturated heterocycles. The largest absolute Gasteiger partial charge is 0.383 e. The minimum absolute atomic E-state index is 0. The number of hydrogen-bond donors (Lipinski definition) is 2. The molecule has 0 aliphatic carbocycles. The summed E-state index contributed by atoms with van der Waals surface area (Å²) in [5.41, 5.74) is 0. The summed E-state index contributed by atoms with van der Waals surface area (Å²) in [5.74, 6) is 2.51. The molecule has 1 atom stereocenters. The minimum Gasteiger partial charge on any atom is -0.383 e. The van der Waals surface area contributed by atoms with Crippen molar-refractivity contribution >= 4 is 29.9 Å². The number of nitrogens with one attached hydrogen (secondary N) is 2. The zero-order valence-corrected chi connectivity index (χ0v) is 15.8. The van der Waals surface area contributed by atoms with Crippen LogP contribution in [0.1, 0.15) is 31.9 Å². The molecule has 0 spiro atoms. The van der Waals surface area contributed by atoms with Crippen molar-refractivity contribution in [3.63, 3.8) is 0 Å². The van der Waals surface area contributed by atoms with Crippen molar-refractivity contribution in [2.45, 2.75) is 39.8 Å². The van der Waals surface area contributed by atoms with Gasteiger partial charge in [-0.2, -0.15) is 0 Å². The van der Waals surface area contributed by atoms with Gasteiger partial charge in [-0.15, -0.1) is 34.2 Å². The maximum absolute atomic E-state index is 5.04. The van der Waals surface area contributed by atoms with E-state index in [1.54, 1.807) is 7.11 Å². The van der Waals surface area contributed by atoms with Crippen LogP contribution in [0.5, 0.6) is 0 Å². The van der Waals surface area contributed by atoms with Crippen LogP contribution in [0.25, 0.3) is 0 Å². The molecule has 0 aromatic carbocycles. The van der Waals surface area contributed by atoms with E-state index in [1.807, 2.05) is 18.5 Å². The van der Waals surface area contributed by atoms with Gasteiger partial charge >= 0.3 is 0 Å². The third kappa shape index (κ3) is 7.07. The van der Waals surface area contributed by atoms with Crippen LogP contribution in [0.3, 0.4) is 0 Å². The Labute approximate surface area is 144 Å². The number of guanidine groups is 1. The molecule has 1 aromatic heterocycles. The molecule has 1 heterocycles. The Morgan fingerprint density at radius 1 is 1.43 bits per heavy atom. The SMILES string of the molecule is CCC(C)NC(=NCc1nnc(C)n1C)NCCOC.I. The van der Waals surface area contributed by atoms with Crippen LogP contribution in [-0.4, -0.2) is 47.0 Å². The van der Waals surface area contributed by atoms with Crippen LogP contribution in [0, 0.1) is 6.92 Å². The molecule has 1 rings (SSSR count). The number of rotatable bonds is 7. The normalized spacial score (nSPS) is 12.7. The van der Waals surface area contributed by atoms with Gasteiger partial charge in [-0.25, -0.2) is 4.99 Å². The Bertz CT molecular complexity index is 434. The molecule has 0 bridgehead atoms. The summed E-state index contributed by atoms with van der Waals surface area (Å²) in [4.78, 5) is 4.54. The summed E-state index contributed by atoms with van der Waals surface area (Å²) in [7, 11) is 3.63. The average molecular weight is 410 g/mol. The first-order chi connectivity index (χ1) is 9.58. The van der Waals surface area contributed by atoms with Gasteiger partial charge in [0.15, 0.2) is 11.8 Å². The van der Waals surface area contributed by atoms with Crippen LogP contribution in [0.2, 0.25) is 0 Å². The van der Waals surface area contributed by atoms with Crippen LogP contribution in [-0.2, 0) is 18.3 Å². The number of aliphatic imine (C=N–C) groups is 1. The van der Waals surface area contributed by atoms with Crippen molar-refractivity contribution in [3.8, 4) is 0 Å². The molecule has 1 unspecified atom stereocenters. The van der Waals surface area contributed by atoms with Crippen molar-refractivity contribution in [1.29, 1.82) is 0 Å². The number of aromatic nitrogens is 3. The lowest BCUT2D eigenvalue weighted by atomic mass is 10.3. The Morgan fingerprint density at radius 3 is 2.67 bits per heavy atom. The van der Waals surface area contributed by atoms with E-state index in [1.165, 1.54) is 0 Å². The maximum Gasteiger partial charge on any atom is 0.191 e. The fourth-order valence-electron chi connectivity index (χ4n) is 1.50. The number of halogens is 1. The molecule has 0 aliphatic rings. The van der Waals surface area contributed by atoms with Crippen molar-refractivity contribution in [2.24, 2.45) is 12.0 Å². The first-order valence-corrected chi connectivity index (χ1v) is 6.97. The zero-order chi connectivity index (χ0) is 15.0. The Kier molecular flexibility index (Phi) is 10.3. The highest BCUT2D eigenvalue weighted by molar-refractivity contribution is 14.0. The standard InChI is InChI=1S/C13H26N6O.HI/c1-6-10(2)16-13(14-7-8-20-5)15-9-12-18-17-11(3)19(12)4;/h10H,6-9H2,1-5H3,(H2,14,15,16);1H.